The quantitative estimate of drug-likeness (QED) is 0.811. The highest BCUT2D eigenvalue weighted by atomic mass is 16.3. The van der Waals surface area contributed by atoms with Crippen molar-refractivity contribution < 1.29 is 4.42 Å². The molecule has 1 aromatic carbocycles. The molecule has 0 atom stereocenters. The number of hydrogen-bond donors (Lipinski definition) is 1. The number of rotatable bonds is 5. The van der Waals surface area contributed by atoms with Crippen LogP contribution in [0, 0.1) is 5.41 Å². The van der Waals surface area contributed by atoms with Crippen molar-refractivity contribution in [1.29, 1.82) is 0 Å². The molecule has 0 unspecified atom stereocenters. The minimum atomic E-state index is 0.0952. The summed E-state index contributed by atoms with van der Waals surface area (Å²) in [4.78, 5) is 0. The van der Waals surface area contributed by atoms with Gasteiger partial charge in [0.15, 0.2) is 0 Å². The first-order valence-corrected chi connectivity index (χ1v) is 7.64. The van der Waals surface area contributed by atoms with Crippen molar-refractivity contribution in [3.63, 3.8) is 0 Å². The molecule has 21 heavy (non-hydrogen) atoms. The number of furan rings is 1. The van der Waals surface area contributed by atoms with Gasteiger partial charge in [-0.25, -0.2) is 0 Å². The van der Waals surface area contributed by atoms with E-state index in [2.05, 4.69) is 58.1 Å². The lowest BCUT2D eigenvalue weighted by molar-refractivity contribution is 0.236. The Morgan fingerprint density at radius 3 is 2.19 bits per heavy atom. The predicted molar refractivity (Wildman–Crippen MR) is 89.1 cm³/mol. The highest BCUT2D eigenvalue weighted by Gasteiger charge is 2.25. The van der Waals surface area contributed by atoms with Gasteiger partial charge in [0.05, 0.1) is 6.54 Å². The maximum atomic E-state index is 5.93. The average molecular weight is 285 g/mol. The topological polar surface area (TPSA) is 25.2 Å². The summed E-state index contributed by atoms with van der Waals surface area (Å²) in [5.41, 5.74) is 1.53. The standard InChI is InChI=1S/C19H27NO/c1-18(2,3)14-19(4,5)20-13-16-11-12-17(21-16)15-9-7-6-8-10-15/h6-12,20H,13-14H2,1-5H3. The molecule has 0 fully saturated rings. The van der Waals surface area contributed by atoms with E-state index in [1.54, 1.807) is 0 Å². The van der Waals surface area contributed by atoms with Crippen molar-refractivity contribution in [2.75, 3.05) is 0 Å². The Balaban J connectivity index is 1.97. The maximum absolute atomic E-state index is 5.93. The lowest BCUT2D eigenvalue weighted by Crippen LogP contribution is -2.41. The maximum Gasteiger partial charge on any atom is 0.134 e. The Bertz CT molecular complexity index is 561. The fraction of sp³-hybridized carbons (Fsp3) is 0.474. The van der Waals surface area contributed by atoms with Gasteiger partial charge in [-0.3, -0.25) is 0 Å². The van der Waals surface area contributed by atoms with Crippen LogP contribution in [0.2, 0.25) is 0 Å². The van der Waals surface area contributed by atoms with Crippen LogP contribution in [-0.4, -0.2) is 5.54 Å². The third kappa shape index (κ3) is 5.05. The zero-order chi connectivity index (χ0) is 15.5. The Hall–Kier alpha value is -1.54. The Morgan fingerprint density at radius 2 is 1.57 bits per heavy atom. The summed E-state index contributed by atoms with van der Waals surface area (Å²) >= 11 is 0. The van der Waals surface area contributed by atoms with E-state index in [0.29, 0.717) is 5.41 Å². The van der Waals surface area contributed by atoms with Crippen LogP contribution in [0.25, 0.3) is 11.3 Å². The second-order valence-corrected chi connectivity index (χ2v) is 7.61. The van der Waals surface area contributed by atoms with E-state index in [1.165, 1.54) is 0 Å². The molecule has 1 N–H and O–H groups in total. The van der Waals surface area contributed by atoms with E-state index in [9.17, 15) is 0 Å². The third-order valence-electron chi connectivity index (χ3n) is 3.43. The first-order valence-electron chi connectivity index (χ1n) is 7.64. The van der Waals surface area contributed by atoms with Crippen molar-refractivity contribution in [3.8, 4) is 11.3 Å². The number of hydrogen-bond acceptors (Lipinski definition) is 2. The third-order valence-corrected chi connectivity index (χ3v) is 3.43. The normalized spacial score (nSPS) is 12.6. The van der Waals surface area contributed by atoms with E-state index in [0.717, 1.165) is 30.0 Å². The van der Waals surface area contributed by atoms with E-state index in [4.69, 9.17) is 4.42 Å². The van der Waals surface area contributed by atoms with Gasteiger partial charge in [-0.05, 0) is 37.8 Å². The summed E-state index contributed by atoms with van der Waals surface area (Å²) in [5.74, 6) is 1.91. The smallest absolute Gasteiger partial charge is 0.134 e. The SMILES string of the molecule is CC(C)(C)CC(C)(C)NCc1ccc(-c2ccccc2)o1. The highest BCUT2D eigenvalue weighted by Crippen LogP contribution is 2.27. The summed E-state index contributed by atoms with van der Waals surface area (Å²) in [6, 6.07) is 14.3. The van der Waals surface area contributed by atoms with Crippen LogP contribution < -0.4 is 5.32 Å². The molecule has 0 bridgehead atoms. The van der Waals surface area contributed by atoms with E-state index in [1.807, 2.05) is 24.3 Å². The first-order chi connectivity index (χ1) is 9.75. The lowest BCUT2D eigenvalue weighted by atomic mass is 9.82. The van der Waals surface area contributed by atoms with Crippen molar-refractivity contribution in [3.05, 3.63) is 48.2 Å². The van der Waals surface area contributed by atoms with Crippen molar-refractivity contribution in [2.45, 2.75) is 53.1 Å². The van der Waals surface area contributed by atoms with Gasteiger partial charge in [-0.2, -0.15) is 0 Å². The lowest BCUT2D eigenvalue weighted by Gasteiger charge is -2.33. The van der Waals surface area contributed by atoms with Crippen LogP contribution in [0.1, 0.15) is 46.8 Å². The van der Waals surface area contributed by atoms with Gasteiger partial charge in [0.1, 0.15) is 11.5 Å². The van der Waals surface area contributed by atoms with E-state index in [-0.39, 0.29) is 5.54 Å². The zero-order valence-corrected chi connectivity index (χ0v) is 13.9. The van der Waals surface area contributed by atoms with Crippen LogP contribution >= 0.6 is 0 Å². The van der Waals surface area contributed by atoms with Crippen LogP contribution in [-0.2, 0) is 6.54 Å². The molecule has 0 saturated carbocycles. The summed E-state index contributed by atoms with van der Waals surface area (Å²) in [6.45, 7) is 12.1. The molecule has 0 aliphatic heterocycles. The summed E-state index contributed by atoms with van der Waals surface area (Å²) in [6.07, 6.45) is 1.12. The summed E-state index contributed by atoms with van der Waals surface area (Å²) in [7, 11) is 0. The van der Waals surface area contributed by atoms with Gasteiger partial charge in [-0.15, -0.1) is 0 Å². The molecule has 0 spiro atoms. The fourth-order valence-corrected chi connectivity index (χ4v) is 2.95. The average Bonchev–Trinajstić information content (AvgIpc) is 2.84. The largest absolute Gasteiger partial charge is 0.460 e. The molecule has 0 saturated heterocycles. The molecular formula is C19H27NO. The van der Waals surface area contributed by atoms with Gasteiger partial charge in [-0.1, -0.05) is 51.1 Å². The predicted octanol–water partition coefficient (Wildman–Crippen LogP) is 5.25. The van der Waals surface area contributed by atoms with Gasteiger partial charge in [0.25, 0.3) is 0 Å². The second kappa shape index (κ2) is 6.07. The van der Waals surface area contributed by atoms with Crippen LogP contribution in [0.4, 0.5) is 0 Å². The van der Waals surface area contributed by atoms with Crippen molar-refractivity contribution >= 4 is 0 Å². The Morgan fingerprint density at radius 1 is 0.905 bits per heavy atom. The Labute approximate surface area is 128 Å². The number of nitrogens with one attached hydrogen (secondary N) is 1. The summed E-state index contributed by atoms with van der Waals surface area (Å²) in [5, 5.41) is 3.60. The molecule has 2 heteroatoms. The summed E-state index contributed by atoms with van der Waals surface area (Å²) < 4.78 is 5.93. The molecule has 114 valence electrons. The van der Waals surface area contributed by atoms with Crippen LogP contribution in [0.5, 0.6) is 0 Å². The van der Waals surface area contributed by atoms with E-state index >= 15 is 0 Å². The number of benzene rings is 1. The highest BCUT2D eigenvalue weighted by molar-refractivity contribution is 5.57. The molecule has 0 aliphatic rings. The molecule has 2 nitrogen and oxygen atoms in total. The van der Waals surface area contributed by atoms with Crippen molar-refractivity contribution in [1.82, 2.24) is 5.32 Å². The molecule has 0 amide bonds. The fourth-order valence-electron chi connectivity index (χ4n) is 2.95. The molecular weight excluding hydrogens is 258 g/mol. The Kier molecular flexibility index (Phi) is 4.58. The second-order valence-electron chi connectivity index (χ2n) is 7.61. The van der Waals surface area contributed by atoms with Crippen molar-refractivity contribution in [2.24, 2.45) is 5.41 Å². The molecule has 0 radical (unpaired) electrons. The van der Waals surface area contributed by atoms with Gasteiger partial charge in [0.2, 0.25) is 0 Å². The molecule has 0 aliphatic carbocycles. The van der Waals surface area contributed by atoms with Crippen LogP contribution in [0.3, 0.4) is 0 Å². The molecule has 1 aromatic heterocycles. The van der Waals surface area contributed by atoms with Gasteiger partial charge < -0.3 is 9.73 Å². The van der Waals surface area contributed by atoms with Gasteiger partial charge in [0, 0.05) is 11.1 Å². The minimum absolute atomic E-state index is 0.0952. The van der Waals surface area contributed by atoms with Crippen LogP contribution in [0.15, 0.2) is 46.9 Å². The molecule has 1 heterocycles. The molecule has 2 rings (SSSR count). The monoisotopic (exact) mass is 285 g/mol. The zero-order valence-electron chi connectivity index (χ0n) is 13.9. The van der Waals surface area contributed by atoms with E-state index < -0.39 is 0 Å². The molecule has 2 aromatic rings. The minimum Gasteiger partial charge on any atom is -0.460 e. The first kappa shape index (κ1) is 15.8. The van der Waals surface area contributed by atoms with Gasteiger partial charge >= 0.3 is 0 Å².